The van der Waals surface area contributed by atoms with Gasteiger partial charge in [0.1, 0.15) is 0 Å². The number of hydrogen-bond acceptors (Lipinski definition) is 4. The molecule has 2 N–H and O–H groups in total. The molecule has 0 aliphatic carbocycles. The molecule has 0 aromatic rings. The highest BCUT2D eigenvalue weighted by molar-refractivity contribution is 7.91. The second kappa shape index (κ2) is 5.47. The van der Waals surface area contributed by atoms with Crippen molar-refractivity contribution in [1.29, 1.82) is 0 Å². The van der Waals surface area contributed by atoms with Crippen molar-refractivity contribution in [3.05, 3.63) is 0 Å². The quantitative estimate of drug-likeness (QED) is 0.768. The first-order chi connectivity index (χ1) is 7.35. The van der Waals surface area contributed by atoms with Crippen LogP contribution in [0.25, 0.3) is 0 Å². The molecule has 1 rings (SSSR count). The molecular formula is C11H24N2O2S. The topological polar surface area (TPSA) is 63.4 Å². The summed E-state index contributed by atoms with van der Waals surface area (Å²) in [5.74, 6) is 1.23. The molecule has 0 spiro atoms. The largest absolute Gasteiger partial charge is 0.329 e. The lowest BCUT2D eigenvalue weighted by Crippen LogP contribution is -2.45. The van der Waals surface area contributed by atoms with Crippen LogP contribution >= 0.6 is 0 Å². The van der Waals surface area contributed by atoms with Crippen molar-refractivity contribution < 1.29 is 8.42 Å². The van der Waals surface area contributed by atoms with E-state index in [2.05, 4.69) is 18.7 Å². The van der Waals surface area contributed by atoms with Gasteiger partial charge in [0.05, 0.1) is 11.5 Å². The lowest BCUT2D eigenvalue weighted by Gasteiger charge is -2.32. The molecule has 16 heavy (non-hydrogen) atoms. The van der Waals surface area contributed by atoms with Crippen molar-refractivity contribution in [2.45, 2.75) is 38.8 Å². The standard InChI is InChI=1S/C11H24N2O2S/c1-9(2)6-11(7-12)13(3)10-4-5-16(14,15)8-10/h9-11H,4-8,12H2,1-3H3. The van der Waals surface area contributed by atoms with Crippen LogP contribution in [0.5, 0.6) is 0 Å². The fraction of sp³-hybridized carbons (Fsp3) is 1.00. The van der Waals surface area contributed by atoms with E-state index in [0.29, 0.717) is 30.0 Å². The average molecular weight is 248 g/mol. The summed E-state index contributed by atoms with van der Waals surface area (Å²) in [6, 6.07) is 0.468. The Morgan fingerprint density at radius 3 is 2.44 bits per heavy atom. The first kappa shape index (κ1) is 13.9. The van der Waals surface area contributed by atoms with Crippen molar-refractivity contribution in [1.82, 2.24) is 4.90 Å². The van der Waals surface area contributed by atoms with Crippen LogP contribution in [-0.4, -0.2) is 50.5 Å². The number of nitrogens with zero attached hydrogens (tertiary/aromatic N) is 1. The summed E-state index contributed by atoms with van der Waals surface area (Å²) in [5.41, 5.74) is 5.77. The van der Waals surface area contributed by atoms with Crippen molar-refractivity contribution in [2.75, 3.05) is 25.1 Å². The molecule has 0 aromatic carbocycles. The highest BCUT2D eigenvalue weighted by Gasteiger charge is 2.33. The summed E-state index contributed by atoms with van der Waals surface area (Å²) in [7, 11) is -0.788. The lowest BCUT2D eigenvalue weighted by atomic mass is 10.0. The molecule has 0 saturated carbocycles. The van der Waals surface area contributed by atoms with E-state index in [1.54, 1.807) is 0 Å². The first-order valence-corrected chi connectivity index (χ1v) is 7.80. The molecule has 1 saturated heterocycles. The Hall–Kier alpha value is -0.130. The highest BCUT2D eigenvalue weighted by Crippen LogP contribution is 2.20. The summed E-state index contributed by atoms with van der Waals surface area (Å²) in [6.45, 7) is 4.94. The van der Waals surface area contributed by atoms with Gasteiger partial charge in [-0.05, 0) is 25.8 Å². The van der Waals surface area contributed by atoms with Crippen LogP contribution in [-0.2, 0) is 9.84 Å². The fourth-order valence-corrected chi connectivity index (χ4v) is 4.15. The van der Waals surface area contributed by atoms with Gasteiger partial charge >= 0.3 is 0 Å². The van der Waals surface area contributed by atoms with Crippen LogP contribution in [0, 0.1) is 5.92 Å². The van der Waals surface area contributed by atoms with E-state index in [0.717, 1.165) is 12.8 Å². The Labute approximate surface area is 99.1 Å². The van der Waals surface area contributed by atoms with E-state index in [1.807, 2.05) is 7.05 Å². The molecule has 96 valence electrons. The summed E-state index contributed by atoms with van der Waals surface area (Å²) in [6.07, 6.45) is 1.79. The smallest absolute Gasteiger partial charge is 0.151 e. The maximum absolute atomic E-state index is 11.4. The molecule has 1 fully saturated rings. The summed E-state index contributed by atoms with van der Waals surface area (Å²) < 4.78 is 22.8. The molecule has 1 aliphatic rings. The molecular weight excluding hydrogens is 224 g/mol. The zero-order valence-corrected chi connectivity index (χ0v) is 11.3. The van der Waals surface area contributed by atoms with Gasteiger partial charge in [0.15, 0.2) is 9.84 Å². The van der Waals surface area contributed by atoms with Gasteiger partial charge in [0, 0.05) is 18.6 Å². The molecule has 0 amide bonds. The van der Waals surface area contributed by atoms with Crippen LogP contribution in [0.3, 0.4) is 0 Å². The lowest BCUT2D eigenvalue weighted by molar-refractivity contribution is 0.170. The minimum atomic E-state index is -2.79. The van der Waals surface area contributed by atoms with Crippen LogP contribution < -0.4 is 5.73 Å². The third kappa shape index (κ3) is 3.71. The summed E-state index contributed by atoms with van der Waals surface area (Å²) in [5, 5.41) is 0. The SMILES string of the molecule is CC(C)CC(CN)N(C)C1CCS(=O)(=O)C1. The van der Waals surface area contributed by atoms with E-state index in [-0.39, 0.29) is 6.04 Å². The zero-order chi connectivity index (χ0) is 12.3. The number of hydrogen-bond donors (Lipinski definition) is 1. The molecule has 0 aromatic heterocycles. The van der Waals surface area contributed by atoms with E-state index in [4.69, 9.17) is 5.73 Å². The highest BCUT2D eigenvalue weighted by atomic mass is 32.2. The zero-order valence-electron chi connectivity index (χ0n) is 10.5. The minimum absolute atomic E-state index is 0.164. The van der Waals surface area contributed by atoms with Gasteiger partial charge in [-0.15, -0.1) is 0 Å². The summed E-state index contributed by atoms with van der Waals surface area (Å²) in [4.78, 5) is 2.17. The Balaban J connectivity index is 2.59. The Kier molecular flexibility index (Phi) is 4.76. The van der Waals surface area contributed by atoms with E-state index in [9.17, 15) is 8.42 Å². The van der Waals surface area contributed by atoms with Gasteiger partial charge in [-0.3, -0.25) is 4.90 Å². The molecule has 2 unspecified atom stereocenters. The van der Waals surface area contributed by atoms with Gasteiger partial charge in [-0.1, -0.05) is 13.8 Å². The van der Waals surface area contributed by atoms with E-state index in [1.165, 1.54) is 0 Å². The second-order valence-corrected chi connectivity index (χ2v) is 7.47. The van der Waals surface area contributed by atoms with Crippen LogP contribution in [0.1, 0.15) is 26.7 Å². The van der Waals surface area contributed by atoms with Gasteiger partial charge in [0.2, 0.25) is 0 Å². The van der Waals surface area contributed by atoms with Crippen LogP contribution in [0.4, 0.5) is 0 Å². The van der Waals surface area contributed by atoms with Crippen molar-refractivity contribution >= 4 is 9.84 Å². The van der Waals surface area contributed by atoms with Gasteiger partial charge in [0.25, 0.3) is 0 Å². The van der Waals surface area contributed by atoms with Crippen LogP contribution in [0.2, 0.25) is 0 Å². The van der Waals surface area contributed by atoms with Crippen molar-refractivity contribution in [3.63, 3.8) is 0 Å². The Morgan fingerprint density at radius 1 is 1.44 bits per heavy atom. The third-order valence-corrected chi connectivity index (χ3v) is 5.13. The van der Waals surface area contributed by atoms with Crippen LogP contribution in [0.15, 0.2) is 0 Å². The summed E-state index contributed by atoms with van der Waals surface area (Å²) >= 11 is 0. The predicted octanol–water partition coefficient (Wildman–Crippen LogP) is 0.479. The van der Waals surface area contributed by atoms with E-state index < -0.39 is 9.84 Å². The average Bonchev–Trinajstić information content (AvgIpc) is 2.54. The maximum Gasteiger partial charge on any atom is 0.151 e. The fourth-order valence-electron chi connectivity index (χ4n) is 2.37. The number of rotatable bonds is 5. The number of likely N-dealkylation sites (N-methyl/N-ethyl adjacent to an activating group) is 1. The number of nitrogens with two attached hydrogens (primary N) is 1. The third-order valence-electron chi connectivity index (χ3n) is 3.38. The molecule has 2 atom stereocenters. The number of sulfone groups is 1. The molecule has 0 bridgehead atoms. The molecule has 1 heterocycles. The predicted molar refractivity (Wildman–Crippen MR) is 67.1 cm³/mol. The first-order valence-electron chi connectivity index (χ1n) is 5.98. The molecule has 4 nitrogen and oxygen atoms in total. The van der Waals surface area contributed by atoms with Crippen molar-refractivity contribution in [2.24, 2.45) is 11.7 Å². The van der Waals surface area contributed by atoms with Gasteiger partial charge in [-0.25, -0.2) is 8.42 Å². The van der Waals surface area contributed by atoms with Crippen molar-refractivity contribution in [3.8, 4) is 0 Å². The minimum Gasteiger partial charge on any atom is -0.329 e. The Bertz CT molecular complexity index is 314. The normalized spacial score (nSPS) is 26.5. The molecule has 5 heteroatoms. The Morgan fingerprint density at radius 2 is 2.06 bits per heavy atom. The van der Waals surface area contributed by atoms with Gasteiger partial charge in [-0.2, -0.15) is 0 Å². The second-order valence-electron chi connectivity index (χ2n) is 5.24. The molecule has 1 aliphatic heterocycles. The monoisotopic (exact) mass is 248 g/mol. The van der Waals surface area contributed by atoms with Gasteiger partial charge < -0.3 is 5.73 Å². The molecule has 0 radical (unpaired) electrons. The van der Waals surface area contributed by atoms with E-state index >= 15 is 0 Å². The maximum atomic E-state index is 11.4.